The molecule has 1 atom stereocenters. The Balaban J connectivity index is 1.62. The number of nitrogens with zero attached hydrogens (tertiary/aromatic N) is 1. The van der Waals surface area contributed by atoms with Gasteiger partial charge in [0.1, 0.15) is 5.82 Å². The second-order valence-corrected chi connectivity index (χ2v) is 8.67. The van der Waals surface area contributed by atoms with Gasteiger partial charge in [-0.2, -0.15) is 0 Å². The Labute approximate surface area is 198 Å². The average Bonchev–Trinajstić information content (AvgIpc) is 2.81. The van der Waals surface area contributed by atoms with Crippen molar-refractivity contribution in [2.75, 3.05) is 0 Å². The zero-order valence-electron chi connectivity index (χ0n) is 18.6. The molecule has 0 amide bonds. The van der Waals surface area contributed by atoms with Gasteiger partial charge in [0.2, 0.25) is 0 Å². The summed E-state index contributed by atoms with van der Waals surface area (Å²) in [5.41, 5.74) is 4.39. The fraction of sp³-hybridized carbons (Fsp3) is 0.185. The van der Waals surface area contributed by atoms with Crippen LogP contribution in [-0.4, -0.2) is 15.0 Å². The van der Waals surface area contributed by atoms with Crippen molar-refractivity contribution in [3.05, 3.63) is 117 Å². The van der Waals surface area contributed by atoms with E-state index in [1.165, 1.54) is 12.1 Å². The summed E-state index contributed by atoms with van der Waals surface area (Å²) in [5.74, 6) is -0.287. The fourth-order valence-corrected chi connectivity index (χ4v) is 4.10. The number of fused-ring (bicyclic) bond motifs is 1. The lowest BCUT2D eigenvalue weighted by molar-refractivity contribution is 0.392. The molecule has 6 heteroatoms. The summed E-state index contributed by atoms with van der Waals surface area (Å²) < 4.78 is 13.4. The molecule has 0 saturated carbocycles. The standard InChI is InChI=1S/C27H26FN3OS/c1-18-8-11-22-15-23(26(32)30-25(22)14-18)17-31(16-20-9-12-24(28)13-10-20)27(33)29-19(2)21-6-4-3-5-7-21/h3-15,19H,16-17H2,1-2H3,(H,29,33)(H,30,32)/t19-/m0/s1. The van der Waals surface area contributed by atoms with Crippen molar-refractivity contribution in [2.45, 2.75) is 33.0 Å². The van der Waals surface area contributed by atoms with E-state index in [4.69, 9.17) is 12.2 Å². The van der Waals surface area contributed by atoms with Gasteiger partial charge in [0, 0.05) is 17.6 Å². The number of aromatic nitrogens is 1. The minimum absolute atomic E-state index is 0.00715. The summed E-state index contributed by atoms with van der Waals surface area (Å²) in [6, 6.07) is 24.3. The van der Waals surface area contributed by atoms with Gasteiger partial charge in [0.25, 0.3) is 5.56 Å². The second kappa shape index (κ2) is 9.96. The molecular weight excluding hydrogens is 433 g/mol. The van der Waals surface area contributed by atoms with E-state index in [9.17, 15) is 9.18 Å². The lowest BCUT2D eigenvalue weighted by Gasteiger charge is -2.28. The minimum Gasteiger partial charge on any atom is -0.356 e. The molecule has 33 heavy (non-hydrogen) atoms. The lowest BCUT2D eigenvalue weighted by Crippen LogP contribution is -2.41. The van der Waals surface area contributed by atoms with Crippen LogP contribution < -0.4 is 10.9 Å². The normalized spacial score (nSPS) is 11.8. The van der Waals surface area contributed by atoms with Gasteiger partial charge in [-0.3, -0.25) is 4.79 Å². The lowest BCUT2D eigenvalue weighted by atomic mass is 10.1. The number of aromatic amines is 1. The van der Waals surface area contributed by atoms with E-state index in [0.29, 0.717) is 23.8 Å². The number of rotatable bonds is 6. The number of aryl methyl sites for hydroxylation is 1. The molecule has 4 rings (SSSR count). The summed E-state index contributed by atoms with van der Waals surface area (Å²) in [5, 5.41) is 4.88. The van der Waals surface area contributed by atoms with Crippen LogP contribution >= 0.6 is 12.2 Å². The fourth-order valence-electron chi connectivity index (χ4n) is 3.79. The van der Waals surface area contributed by atoms with E-state index in [-0.39, 0.29) is 17.4 Å². The van der Waals surface area contributed by atoms with E-state index in [1.54, 1.807) is 12.1 Å². The van der Waals surface area contributed by atoms with Crippen LogP contribution in [0.2, 0.25) is 0 Å². The number of nitrogens with one attached hydrogen (secondary N) is 2. The maximum absolute atomic E-state index is 13.4. The average molecular weight is 460 g/mol. The van der Waals surface area contributed by atoms with E-state index in [0.717, 1.165) is 27.6 Å². The van der Waals surface area contributed by atoms with Crippen molar-refractivity contribution >= 4 is 28.2 Å². The monoisotopic (exact) mass is 459 g/mol. The molecule has 0 unspecified atom stereocenters. The van der Waals surface area contributed by atoms with Gasteiger partial charge in [0.15, 0.2) is 5.11 Å². The van der Waals surface area contributed by atoms with Gasteiger partial charge in [-0.25, -0.2) is 4.39 Å². The van der Waals surface area contributed by atoms with Gasteiger partial charge < -0.3 is 15.2 Å². The molecule has 4 aromatic rings. The Morgan fingerprint density at radius 3 is 2.48 bits per heavy atom. The number of hydrogen-bond donors (Lipinski definition) is 2. The maximum Gasteiger partial charge on any atom is 0.253 e. The molecule has 0 saturated heterocycles. The Bertz CT molecular complexity index is 1320. The van der Waals surface area contributed by atoms with Crippen molar-refractivity contribution < 1.29 is 4.39 Å². The molecule has 0 aliphatic carbocycles. The highest BCUT2D eigenvalue weighted by atomic mass is 32.1. The molecule has 0 radical (unpaired) electrons. The molecule has 0 aliphatic rings. The summed E-state index contributed by atoms with van der Waals surface area (Å²) in [6.07, 6.45) is 0. The van der Waals surface area contributed by atoms with Crippen LogP contribution in [0.4, 0.5) is 4.39 Å². The topological polar surface area (TPSA) is 48.1 Å². The molecule has 0 bridgehead atoms. The van der Waals surface area contributed by atoms with Crippen LogP contribution in [0.15, 0.2) is 83.7 Å². The second-order valence-electron chi connectivity index (χ2n) is 8.28. The van der Waals surface area contributed by atoms with Crippen molar-refractivity contribution in [3.8, 4) is 0 Å². The van der Waals surface area contributed by atoms with Crippen molar-refractivity contribution in [2.24, 2.45) is 0 Å². The SMILES string of the molecule is Cc1ccc2cc(CN(Cc3ccc(F)cc3)C(=S)N[C@@H](C)c3ccccc3)c(=O)[nH]c2c1. The number of hydrogen-bond acceptors (Lipinski definition) is 2. The summed E-state index contributed by atoms with van der Waals surface area (Å²) >= 11 is 5.76. The van der Waals surface area contributed by atoms with Crippen LogP contribution in [0.25, 0.3) is 10.9 Å². The maximum atomic E-state index is 13.4. The largest absolute Gasteiger partial charge is 0.356 e. The van der Waals surface area contributed by atoms with E-state index < -0.39 is 0 Å². The van der Waals surface area contributed by atoms with Crippen LogP contribution in [0, 0.1) is 12.7 Å². The Morgan fingerprint density at radius 2 is 1.76 bits per heavy atom. The summed E-state index contributed by atoms with van der Waals surface area (Å²) in [4.78, 5) is 17.8. The first kappa shape index (κ1) is 22.7. The summed E-state index contributed by atoms with van der Waals surface area (Å²) in [6.45, 7) is 4.81. The molecule has 0 fully saturated rings. The molecule has 1 aromatic heterocycles. The third kappa shape index (κ3) is 5.65. The van der Waals surface area contributed by atoms with Crippen LogP contribution in [-0.2, 0) is 13.1 Å². The minimum atomic E-state index is -0.287. The first-order valence-electron chi connectivity index (χ1n) is 10.9. The third-order valence-electron chi connectivity index (χ3n) is 5.65. The zero-order chi connectivity index (χ0) is 23.4. The Kier molecular flexibility index (Phi) is 6.84. The molecule has 0 spiro atoms. The van der Waals surface area contributed by atoms with E-state index in [1.807, 2.05) is 73.3 Å². The summed E-state index contributed by atoms with van der Waals surface area (Å²) in [7, 11) is 0. The first-order chi connectivity index (χ1) is 15.9. The number of thiocarbonyl (C=S) groups is 1. The Morgan fingerprint density at radius 1 is 1.03 bits per heavy atom. The van der Waals surface area contributed by atoms with Gasteiger partial charge in [-0.05, 0) is 72.4 Å². The van der Waals surface area contributed by atoms with Crippen LogP contribution in [0.3, 0.4) is 0 Å². The highest BCUT2D eigenvalue weighted by molar-refractivity contribution is 7.80. The van der Waals surface area contributed by atoms with Crippen molar-refractivity contribution in [3.63, 3.8) is 0 Å². The number of pyridine rings is 1. The van der Waals surface area contributed by atoms with Gasteiger partial charge in [0.05, 0.1) is 12.6 Å². The third-order valence-corrected chi connectivity index (χ3v) is 6.03. The molecule has 2 N–H and O–H groups in total. The Hall–Kier alpha value is -3.51. The zero-order valence-corrected chi connectivity index (χ0v) is 19.5. The van der Waals surface area contributed by atoms with Crippen LogP contribution in [0.1, 0.15) is 35.2 Å². The number of benzene rings is 3. The number of H-pyrrole nitrogens is 1. The number of halogens is 1. The van der Waals surface area contributed by atoms with Gasteiger partial charge >= 0.3 is 0 Å². The van der Waals surface area contributed by atoms with Crippen LogP contribution in [0.5, 0.6) is 0 Å². The van der Waals surface area contributed by atoms with E-state index in [2.05, 4.69) is 10.3 Å². The van der Waals surface area contributed by atoms with E-state index >= 15 is 0 Å². The first-order valence-corrected chi connectivity index (χ1v) is 11.3. The molecule has 0 aliphatic heterocycles. The highest BCUT2D eigenvalue weighted by Crippen LogP contribution is 2.17. The smallest absolute Gasteiger partial charge is 0.253 e. The highest BCUT2D eigenvalue weighted by Gasteiger charge is 2.16. The molecule has 1 heterocycles. The van der Waals surface area contributed by atoms with Gasteiger partial charge in [-0.1, -0.05) is 54.6 Å². The molecule has 3 aromatic carbocycles. The predicted octanol–water partition coefficient (Wildman–Crippen LogP) is 5.61. The molecule has 4 nitrogen and oxygen atoms in total. The molecule has 168 valence electrons. The van der Waals surface area contributed by atoms with Gasteiger partial charge in [-0.15, -0.1) is 0 Å². The van der Waals surface area contributed by atoms with Crippen molar-refractivity contribution in [1.82, 2.24) is 15.2 Å². The molecular formula is C27H26FN3OS. The predicted molar refractivity (Wildman–Crippen MR) is 136 cm³/mol. The van der Waals surface area contributed by atoms with Crippen molar-refractivity contribution in [1.29, 1.82) is 0 Å². The quantitative estimate of drug-likeness (QED) is 0.368.